The van der Waals surface area contributed by atoms with Crippen molar-refractivity contribution in [2.45, 2.75) is 19.1 Å². The number of rotatable bonds is 2. The monoisotopic (exact) mass is 270 g/mol. The smallest absolute Gasteiger partial charge is 0.349 e. The average molecular weight is 270 g/mol. The van der Waals surface area contributed by atoms with Gasteiger partial charge in [0.2, 0.25) is 6.10 Å². The van der Waals surface area contributed by atoms with Crippen LogP contribution in [-0.4, -0.2) is 17.2 Å². The Kier molecular flexibility index (Phi) is 3.06. The highest BCUT2D eigenvalue weighted by atomic mass is 16.6. The number of carboxylic acids is 1. The molecule has 0 fully saturated rings. The predicted molar refractivity (Wildman–Crippen MR) is 73.0 cm³/mol. The van der Waals surface area contributed by atoms with Crippen LogP contribution in [0, 0.1) is 6.92 Å². The van der Waals surface area contributed by atoms with Gasteiger partial charge in [0.25, 0.3) is 0 Å². The number of aliphatic carboxylic acids is 1. The summed E-state index contributed by atoms with van der Waals surface area (Å²) in [6, 6.07) is 14.7. The molecule has 0 amide bonds. The fourth-order valence-corrected chi connectivity index (χ4v) is 2.22. The van der Waals surface area contributed by atoms with Gasteiger partial charge in [0.05, 0.1) is 0 Å². The van der Waals surface area contributed by atoms with Gasteiger partial charge in [-0.25, -0.2) is 4.79 Å². The molecule has 2 aromatic rings. The lowest BCUT2D eigenvalue weighted by Gasteiger charge is -2.31. The molecule has 2 atom stereocenters. The van der Waals surface area contributed by atoms with Gasteiger partial charge in [0.15, 0.2) is 17.6 Å². The van der Waals surface area contributed by atoms with Crippen molar-refractivity contribution in [2.75, 3.05) is 0 Å². The lowest BCUT2D eigenvalue weighted by Crippen LogP contribution is -2.39. The van der Waals surface area contributed by atoms with Crippen LogP contribution < -0.4 is 9.47 Å². The highest BCUT2D eigenvalue weighted by Crippen LogP contribution is 2.39. The molecule has 0 bridgehead atoms. The molecule has 2 aromatic carbocycles. The summed E-state index contributed by atoms with van der Waals surface area (Å²) in [4.78, 5) is 11.4. The van der Waals surface area contributed by atoms with Gasteiger partial charge in [0, 0.05) is 0 Å². The van der Waals surface area contributed by atoms with Crippen LogP contribution in [0.15, 0.2) is 48.5 Å². The normalized spacial score (nSPS) is 20.4. The summed E-state index contributed by atoms with van der Waals surface area (Å²) < 4.78 is 11.4. The van der Waals surface area contributed by atoms with Crippen LogP contribution >= 0.6 is 0 Å². The summed E-state index contributed by atoms with van der Waals surface area (Å²) >= 11 is 0. The first-order valence-corrected chi connectivity index (χ1v) is 6.37. The van der Waals surface area contributed by atoms with Gasteiger partial charge in [0.1, 0.15) is 0 Å². The fourth-order valence-electron chi connectivity index (χ4n) is 2.22. The highest BCUT2D eigenvalue weighted by Gasteiger charge is 2.38. The quantitative estimate of drug-likeness (QED) is 0.911. The number of para-hydroxylation sites is 2. The Labute approximate surface area is 116 Å². The molecule has 0 aromatic heterocycles. The van der Waals surface area contributed by atoms with Crippen molar-refractivity contribution in [2.24, 2.45) is 0 Å². The Morgan fingerprint density at radius 2 is 1.60 bits per heavy atom. The summed E-state index contributed by atoms with van der Waals surface area (Å²) in [5, 5.41) is 9.35. The maximum absolute atomic E-state index is 11.4. The van der Waals surface area contributed by atoms with Gasteiger partial charge < -0.3 is 14.6 Å². The summed E-state index contributed by atoms with van der Waals surface area (Å²) in [6.07, 6.45) is -1.70. The summed E-state index contributed by atoms with van der Waals surface area (Å²) in [6.45, 7) is 1.98. The first-order chi connectivity index (χ1) is 9.65. The van der Waals surface area contributed by atoms with E-state index in [1.54, 1.807) is 18.2 Å². The zero-order chi connectivity index (χ0) is 14.1. The minimum Gasteiger partial charge on any atom is -0.478 e. The van der Waals surface area contributed by atoms with E-state index in [1.807, 2.05) is 37.3 Å². The van der Waals surface area contributed by atoms with E-state index in [9.17, 15) is 9.90 Å². The van der Waals surface area contributed by atoms with E-state index in [0.717, 1.165) is 11.1 Å². The van der Waals surface area contributed by atoms with Gasteiger partial charge in [-0.2, -0.15) is 0 Å². The Hall–Kier alpha value is -2.49. The molecule has 4 heteroatoms. The molecule has 3 rings (SSSR count). The second-order valence-corrected chi connectivity index (χ2v) is 4.77. The first kappa shape index (κ1) is 12.5. The molecule has 0 saturated heterocycles. The van der Waals surface area contributed by atoms with Crippen molar-refractivity contribution < 1.29 is 19.4 Å². The molecule has 1 heterocycles. The van der Waals surface area contributed by atoms with Crippen LogP contribution in [0.1, 0.15) is 17.2 Å². The topological polar surface area (TPSA) is 55.8 Å². The summed E-state index contributed by atoms with van der Waals surface area (Å²) in [5.74, 6) is -0.0103. The molecule has 1 aliphatic rings. The Bertz CT molecular complexity index is 633. The molecule has 20 heavy (non-hydrogen) atoms. The van der Waals surface area contributed by atoms with Gasteiger partial charge in [-0.05, 0) is 24.6 Å². The molecule has 0 unspecified atom stereocenters. The third-order valence-corrected chi connectivity index (χ3v) is 3.28. The van der Waals surface area contributed by atoms with Gasteiger partial charge in [-0.3, -0.25) is 0 Å². The van der Waals surface area contributed by atoms with Crippen LogP contribution in [0.25, 0.3) is 0 Å². The van der Waals surface area contributed by atoms with Crippen molar-refractivity contribution in [3.8, 4) is 11.5 Å². The number of carbonyl (C=O) groups is 1. The number of hydrogen-bond donors (Lipinski definition) is 1. The van der Waals surface area contributed by atoms with Crippen LogP contribution in [0.5, 0.6) is 11.5 Å². The minimum atomic E-state index is -1.05. The lowest BCUT2D eigenvalue weighted by molar-refractivity contribution is -0.151. The molecule has 1 N–H and O–H groups in total. The lowest BCUT2D eigenvalue weighted by atomic mass is 10.0. The van der Waals surface area contributed by atoms with Crippen LogP contribution in [-0.2, 0) is 4.79 Å². The minimum absolute atomic E-state index is 0.461. The van der Waals surface area contributed by atoms with E-state index in [0.29, 0.717) is 11.5 Å². The van der Waals surface area contributed by atoms with E-state index in [-0.39, 0.29) is 0 Å². The molecule has 0 aliphatic carbocycles. The number of hydrogen-bond acceptors (Lipinski definition) is 3. The third-order valence-electron chi connectivity index (χ3n) is 3.28. The Balaban J connectivity index is 2.00. The third kappa shape index (κ3) is 2.20. The van der Waals surface area contributed by atoms with Crippen molar-refractivity contribution in [1.82, 2.24) is 0 Å². The van der Waals surface area contributed by atoms with Crippen LogP contribution in [0.3, 0.4) is 0 Å². The molecule has 0 spiro atoms. The Morgan fingerprint density at radius 1 is 1.00 bits per heavy atom. The number of carboxylic acid groups (broad SMARTS) is 1. The molecule has 102 valence electrons. The van der Waals surface area contributed by atoms with Crippen molar-refractivity contribution in [3.63, 3.8) is 0 Å². The van der Waals surface area contributed by atoms with Crippen LogP contribution in [0.4, 0.5) is 0 Å². The van der Waals surface area contributed by atoms with Crippen LogP contribution in [0.2, 0.25) is 0 Å². The second kappa shape index (κ2) is 4.89. The van der Waals surface area contributed by atoms with Gasteiger partial charge >= 0.3 is 5.97 Å². The van der Waals surface area contributed by atoms with Gasteiger partial charge in [-0.1, -0.05) is 42.0 Å². The fraction of sp³-hybridized carbons (Fsp3) is 0.188. The largest absolute Gasteiger partial charge is 0.478 e. The number of fused-ring (bicyclic) bond motifs is 1. The summed E-state index contributed by atoms with van der Waals surface area (Å²) in [7, 11) is 0. The number of aryl methyl sites for hydroxylation is 1. The zero-order valence-corrected chi connectivity index (χ0v) is 10.9. The maximum Gasteiger partial charge on any atom is 0.349 e. The SMILES string of the molecule is Cc1ccc([C@@H]2Oc3ccccc3O[C@@H]2C(=O)O)cc1. The number of benzene rings is 2. The van der Waals surface area contributed by atoms with Crippen molar-refractivity contribution in [1.29, 1.82) is 0 Å². The van der Waals surface area contributed by atoms with E-state index in [1.165, 1.54) is 0 Å². The highest BCUT2D eigenvalue weighted by molar-refractivity contribution is 5.74. The summed E-state index contributed by atoms with van der Waals surface area (Å²) in [5.41, 5.74) is 1.90. The molecule has 1 aliphatic heterocycles. The van der Waals surface area contributed by atoms with Crippen molar-refractivity contribution in [3.05, 3.63) is 59.7 Å². The molecular weight excluding hydrogens is 256 g/mol. The Morgan fingerprint density at radius 3 is 2.20 bits per heavy atom. The number of ether oxygens (including phenoxy) is 2. The van der Waals surface area contributed by atoms with E-state index >= 15 is 0 Å². The molecule has 0 radical (unpaired) electrons. The van der Waals surface area contributed by atoms with Crippen molar-refractivity contribution >= 4 is 5.97 Å². The standard InChI is InChI=1S/C16H14O4/c1-10-6-8-11(9-7-10)14-15(16(17)18)20-13-5-3-2-4-12(13)19-14/h2-9,14-15H,1H3,(H,17,18)/t14-,15-/m0/s1. The second-order valence-electron chi connectivity index (χ2n) is 4.77. The van der Waals surface area contributed by atoms with E-state index in [2.05, 4.69) is 0 Å². The van der Waals surface area contributed by atoms with E-state index < -0.39 is 18.2 Å². The molecular formula is C16H14O4. The molecule has 4 nitrogen and oxygen atoms in total. The first-order valence-electron chi connectivity index (χ1n) is 6.37. The van der Waals surface area contributed by atoms with Gasteiger partial charge in [-0.15, -0.1) is 0 Å². The predicted octanol–water partition coefficient (Wildman–Crippen LogP) is 2.96. The maximum atomic E-state index is 11.4. The average Bonchev–Trinajstić information content (AvgIpc) is 2.46. The molecule has 0 saturated carbocycles. The van der Waals surface area contributed by atoms with E-state index in [4.69, 9.17) is 9.47 Å². The zero-order valence-electron chi connectivity index (χ0n) is 10.9.